The normalized spacial score (nSPS) is 35.0. The van der Waals surface area contributed by atoms with Crippen LogP contribution < -0.4 is 10.5 Å². The molecule has 4 atom stereocenters. The summed E-state index contributed by atoms with van der Waals surface area (Å²) in [7, 11) is 1.63. The Kier molecular flexibility index (Phi) is 2.26. The molecule has 0 radical (unpaired) electrons. The molecule has 2 saturated carbocycles. The van der Waals surface area contributed by atoms with E-state index in [2.05, 4.69) is 0 Å². The van der Waals surface area contributed by atoms with Crippen LogP contribution in [0, 0.1) is 23.7 Å². The second-order valence-electron chi connectivity index (χ2n) is 6.23. The molecule has 0 spiro atoms. The molecule has 3 fully saturated rings. The molecule has 4 rings (SSSR count). The van der Waals surface area contributed by atoms with E-state index in [4.69, 9.17) is 0 Å². The Morgan fingerprint density at radius 3 is 2.15 bits per heavy atom. The van der Waals surface area contributed by atoms with Gasteiger partial charge in [-0.15, -0.1) is 0 Å². The monoisotopic (exact) mass is 272 g/mol. The molecular weight excluding hydrogens is 256 g/mol. The van der Waals surface area contributed by atoms with E-state index in [-0.39, 0.29) is 29.2 Å². The summed E-state index contributed by atoms with van der Waals surface area (Å²) >= 11 is 0. The molecule has 0 N–H and O–H groups in total. The number of hydrogen-bond acceptors (Lipinski definition) is 3. The standard InChI is InChI=1S/C15H16N2O3/c1-16-7-10(4-5-11(16)18)17-14(19)12-8-2-3-9(6-8)13(12)15(17)20/h4-5,7-9,12-13H,2-3,6H2,1H3. The van der Waals surface area contributed by atoms with Crippen LogP contribution in [0.3, 0.4) is 0 Å². The molecule has 104 valence electrons. The zero-order chi connectivity index (χ0) is 14.0. The van der Waals surface area contributed by atoms with Crippen molar-refractivity contribution < 1.29 is 9.59 Å². The second kappa shape index (κ2) is 3.81. The van der Waals surface area contributed by atoms with Crippen molar-refractivity contribution in [2.75, 3.05) is 4.90 Å². The Morgan fingerprint density at radius 2 is 1.60 bits per heavy atom. The number of carbonyl (C=O) groups is 2. The molecule has 2 amide bonds. The third-order valence-electron chi connectivity index (χ3n) is 5.26. The van der Waals surface area contributed by atoms with Gasteiger partial charge in [-0.25, -0.2) is 4.90 Å². The van der Waals surface area contributed by atoms with Crippen molar-refractivity contribution in [3.63, 3.8) is 0 Å². The molecular formula is C15H16N2O3. The average Bonchev–Trinajstić information content (AvgIpc) is 3.08. The van der Waals surface area contributed by atoms with E-state index in [0.717, 1.165) is 19.3 Å². The second-order valence-corrected chi connectivity index (χ2v) is 6.23. The minimum atomic E-state index is -0.145. The minimum Gasteiger partial charge on any atom is -0.316 e. The molecule has 1 aromatic rings. The first-order valence-electron chi connectivity index (χ1n) is 7.12. The van der Waals surface area contributed by atoms with Crippen LogP contribution >= 0.6 is 0 Å². The lowest BCUT2D eigenvalue weighted by Crippen LogP contribution is -2.33. The van der Waals surface area contributed by atoms with Gasteiger partial charge in [-0.05, 0) is 37.2 Å². The number of hydrogen-bond donors (Lipinski definition) is 0. The Morgan fingerprint density at radius 1 is 1.00 bits per heavy atom. The molecule has 1 saturated heterocycles. The maximum absolute atomic E-state index is 12.6. The van der Waals surface area contributed by atoms with E-state index >= 15 is 0 Å². The molecule has 2 heterocycles. The van der Waals surface area contributed by atoms with Crippen LogP contribution in [0.5, 0.6) is 0 Å². The maximum Gasteiger partial charge on any atom is 0.250 e. The van der Waals surface area contributed by atoms with Gasteiger partial charge in [0.05, 0.1) is 17.5 Å². The number of nitrogens with zero attached hydrogens (tertiary/aromatic N) is 2. The predicted molar refractivity (Wildman–Crippen MR) is 72.0 cm³/mol. The maximum atomic E-state index is 12.6. The zero-order valence-corrected chi connectivity index (χ0v) is 11.3. The molecule has 1 aromatic heterocycles. The quantitative estimate of drug-likeness (QED) is 0.714. The van der Waals surface area contributed by atoms with Crippen molar-refractivity contribution >= 4 is 17.5 Å². The number of pyridine rings is 1. The summed E-state index contributed by atoms with van der Waals surface area (Å²) in [4.78, 5) is 37.9. The Hall–Kier alpha value is -1.91. The Labute approximate surface area is 116 Å². The number of carbonyl (C=O) groups excluding carboxylic acids is 2. The third kappa shape index (κ3) is 1.35. The van der Waals surface area contributed by atoms with Crippen molar-refractivity contribution in [2.45, 2.75) is 19.3 Å². The number of aromatic nitrogens is 1. The van der Waals surface area contributed by atoms with Crippen molar-refractivity contribution in [2.24, 2.45) is 30.7 Å². The van der Waals surface area contributed by atoms with Crippen molar-refractivity contribution in [1.29, 1.82) is 0 Å². The third-order valence-corrected chi connectivity index (χ3v) is 5.26. The smallest absolute Gasteiger partial charge is 0.250 e. The van der Waals surface area contributed by atoms with Crippen LogP contribution in [0.2, 0.25) is 0 Å². The van der Waals surface area contributed by atoms with Gasteiger partial charge in [-0.3, -0.25) is 14.4 Å². The zero-order valence-electron chi connectivity index (χ0n) is 11.3. The predicted octanol–water partition coefficient (Wildman–Crippen LogP) is 0.921. The topological polar surface area (TPSA) is 59.4 Å². The van der Waals surface area contributed by atoms with E-state index in [1.165, 1.54) is 15.5 Å². The van der Waals surface area contributed by atoms with Gasteiger partial charge in [0, 0.05) is 19.3 Å². The van der Waals surface area contributed by atoms with Gasteiger partial charge < -0.3 is 4.57 Å². The Balaban J connectivity index is 1.76. The van der Waals surface area contributed by atoms with Gasteiger partial charge in [-0.2, -0.15) is 0 Å². The fraction of sp³-hybridized carbons (Fsp3) is 0.533. The van der Waals surface area contributed by atoms with Crippen LogP contribution in [-0.2, 0) is 16.6 Å². The molecule has 2 bridgehead atoms. The summed E-state index contributed by atoms with van der Waals surface area (Å²) in [6.07, 6.45) is 4.76. The summed E-state index contributed by atoms with van der Waals surface area (Å²) in [5.74, 6) is 0.423. The lowest BCUT2D eigenvalue weighted by Gasteiger charge is -2.19. The summed E-state index contributed by atoms with van der Waals surface area (Å²) in [6, 6.07) is 2.97. The van der Waals surface area contributed by atoms with Crippen LogP contribution in [0.1, 0.15) is 19.3 Å². The van der Waals surface area contributed by atoms with E-state index < -0.39 is 0 Å². The fourth-order valence-corrected chi connectivity index (χ4v) is 4.37. The molecule has 0 aromatic carbocycles. The number of aryl methyl sites for hydroxylation is 1. The first-order chi connectivity index (χ1) is 9.58. The Bertz CT molecular complexity index is 650. The first kappa shape index (κ1) is 11.9. The van der Waals surface area contributed by atoms with Gasteiger partial charge in [0.15, 0.2) is 0 Å². The highest BCUT2D eigenvalue weighted by atomic mass is 16.2. The number of fused-ring (bicyclic) bond motifs is 5. The number of anilines is 1. The van der Waals surface area contributed by atoms with Gasteiger partial charge in [0.2, 0.25) is 17.4 Å². The SMILES string of the molecule is Cn1cc(N2C(=O)C3C4CCC(C4)C3C2=O)ccc1=O. The van der Waals surface area contributed by atoms with Crippen molar-refractivity contribution in [3.8, 4) is 0 Å². The van der Waals surface area contributed by atoms with E-state index in [0.29, 0.717) is 17.5 Å². The fourth-order valence-electron chi connectivity index (χ4n) is 4.37. The van der Waals surface area contributed by atoms with Gasteiger partial charge >= 0.3 is 0 Å². The van der Waals surface area contributed by atoms with Gasteiger partial charge in [0.25, 0.3) is 0 Å². The molecule has 3 aliphatic rings. The van der Waals surface area contributed by atoms with Crippen molar-refractivity contribution in [3.05, 3.63) is 28.7 Å². The summed E-state index contributed by atoms with van der Waals surface area (Å²) in [5, 5.41) is 0. The van der Waals surface area contributed by atoms with Crippen LogP contribution in [0.15, 0.2) is 23.1 Å². The van der Waals surface area contributed by atoms with Crippen LogP contribution in [0.4, 0.5) is 5.69 Å². The lowest BCUT2D eigenvalue weighted by molar-refractivity contribution is -0.123. The molecule has 20 heavy (non-hydrogen) atoms. The van der Waals surface area contributed by atoms with Gasteiger partial charge in [0.1, 0.15) is 0 Å². The largest absolute Gasteiger partial charge is 0.316 e. The molecule has 5 nitrogen and oxygen atoms in total. The lowest BCUT2D eigenvalue weighted by atomic mass is 9.81. The number of rotatable bonds is 1. The molecule has 5 heteroatoms. The molecule has 1 aliphatic heterocycles. The highest BCUT2D eigenvalue weighted by Gasteiger charge is 2.61. The summed E-state index contributed by atoms with van der Waals surface area (Å²) in [6.45, 7) is 0. The summed E-state index contributed by atoms with van der Waals surface area (Å²) < 4.78 is 1.40. The highest BCUT2D eigenvalue weighted by molar-refractivity contribution is 6.22. The van der Waals surface area contributed by atoms with Gasteiger partial charge in [-0.1, -0.05) is 0 Å². The number of imide groups is 1. The molecule has 2 aliphatic carbocycles. The van der Waals surface area contributed by atoms with E-state index in [1.807, 2.05) is 0 Å². The highest BCUT2D eigenvalue weighted by Crippen LogP contribution is 2.56. The minimum absolute atomic E-state index is 0.0640. The van der Waals surface area contributed by atoms with Crippen molar-refractivity contribution in [1.82, 2.24) is 4.57 Å². The average molecular weight is 272 g/mol. The van der Waals surface area contributed by atoms with E-state index in [1.54, 1.807) is 19.3 Å². The van der Waals surface area contributed by atoms with Crippen LogP contribution in [0.25, 0.3) is 0 Å². The van der Waals surface area contributed by atoms with E-state index in [9.17, 15) is 14.4 Å². The molecule has 4 unspecified atom stereocenters. The summed E-state index contributed by atoms with van der Waals surface area (Å²) in [5.41, 5.74) is 0.379. The van der Waals surface area contributed by atoms with Crippen LogP contribution in [-0.4, -0.2) is 16.4 Å². The first-order valence-corrected chi connectivity index (χ1v) is 7.12. The number of amides is 2.